The van der Waals surface area contributed by atoms with E-state index in [0.29, 0.717) is 32.0 Å². The van der Waals surface area contributed by atoms with E-state index in [2.05, 4.69) is 15.3 Å². The van der Waals surface area contributed by atoms with Crippen molar-refractivity contribution in [1.82, 2.24) is 9.97 Å². The molecule has 0 atom stereocenters. The van der Waals surface area contributed by atoms with Gasteiger partial charge in [0.2, 0.25) is 0 Å². The molecule has 1 aliphatic rings. The van der Waals surface area contributed by atoms with Crippen LogP contribution in [0.5, 0.6) is 0 Å². The van der Waals surface area contributed by atoms with Crippen molar-refractivity contribution < 1.29 is 13.9 Å². The first-order valence-electron chi connectivity index (χ1n) is 6.66. The number of nitrogens with zero attached hydrogens (tertiary/aromatic N) is 2. The second-order valence-corrected chi connectivity index (χ2v) is 4.69. The molecule has 1 saturated heterocycles. The first kappa shape index (κ1) is 13.6. The van der Waals surface area contributed by atoms with E-state index in [9.17, 15) is 9.18 Å². The molecule has 1 fully saturated rings. The Morgan fingerprint density at radius 3 is 2.86 bits per heavy atom. The summed E-state index contributed by atoms with van der Waals surface area (Å²) in [5.41, 5.74) is 1.13. The number of anilines is 2. The molecule has 0 bridgehead atoms. The SMILES string of the molecule is O=C(Nc1cc(F)cc(N2CCOCC2)c1)c1ncc[nH]1. The largest absolute Gasteiger partial charge is 0.378 e. The highest BCUT2D eigenvalue weighted by atomic mass is 19.1. The smallest absolute Gasteiger partial charge is 0.291 e. The highest BCUT2D eigenvalue weighted by molar-refractivity contribution is 6.01. The molecule has 3 rings (SSSR count). The molecule has 2 heterocycles. The summed E-state index contributed by atoms with van der Waals surface area (Å²) in [7, 11) is 0. The van der Waals surface area contributed by atoms with Crippen molar-refractivity contribution in [3.05, 3.63) is 42.2 Å². The van der Waals surface area contributed by atoms with Crippen LogP contribution >= 0.6 is 0 Å². The number of halogens is 1. The van der Waals surface area contributed by atoms with E-state index in [1.165, 1.54) is 18.3 Å². The minimum atomic E-state index is -0.404. The minimum absolute atomic E-state index is 0.187. The van der Waals surface area contributed by atoms with Crippen LogP contribution in [0, 0.1) is 5.82 Å². The van der Waals surface area contributed by atoms with Gasteiger partial charge in [0, 0.05) is 36.9 Å². The molecule has 21 heavy (non-hydrogen) atoms. The Labute approximate surface area is 120 Å². The van der Waals surface area contributed by atoms with Crippen molar-refractivity contribution in [1.29, 1.82) is 0 Å². The summed E-state index contributed by atoms with van der Waals surface area (Å²) in [6.45, 7) is 2.64. The Morgan fingerprint density at radius 1 is 1.33 bits per heavy atom. The molecule has 110 valence electrons. The summed E-state index contributed by atoms with van der Waals surface area (Å²) in [5.74, 6) is -0.612. The number of rotatable bonds is 3. The van der Waals surface area contributed by atoms with Gasteiger partial charge in [-0.05, 0) is 18.2 Å². The zero-order valence-corrected chi connectivity index (χ0v) is 11.3. The van der Waals surface area contributed by atoms with Gasteiger partial charge in [-0.2, -0.15) is 0 Å². The van der Waals surface area contributed by atoms with Crippen LogP contribution < -0.4 is 10.2 Å². The fourth-order valence-electron chi connectivity index (χ4n) is 2.23. The average molecular weight is 290 g/mol. The van der Waals surface area contributed by atoms with Gasteiger partial charge >= 0.3 is 0 Å². The number of ether oxygens (including phenoxy) is 1. The molecule has 0 aliphatic carbocycles. The first-order chi connectivity index (χ1) is 10.2. The van der Waals surface area contributed by atoms with Crippen LogP contribution in [0.2, 0.25) is 0 Å². The van der Waals surface area contributed by atoms with Crippen molar-refractivity contribution in [2.45, 2.75) is 0 Å². The molecule has 1 amide bonds. The number of hydrogen-bond acceptors (Lipinski definition) is 4. The molecular weight excluding hydrogens is 275 g/mol. The van der Waals surface area contributed by atoms with E-state index in [-0.39, 0.29) is 5.82 Å². The molecule has 2 N–H and O–H groups in total. The highest BCUT2D eigenvalue weighted by Crippen LogP contribution is 2.23. The third-order valence-corrected chi connectivity index (χ3v) is 3.23. The maximum absolute atomic E-state index is 13.7. The lowest BCUT2D eigenvalue weighted by molar-refractivity contribution is 0.101. The van der Waals surface area contributed by atoms with Gasteiger partial charge in [-0.25, -0.2) is 9.37 Å². The fraction of sp³-hybridized carbons (Fsp3) is 0.286. The lowest BCUT2D eigenvalue weighted by atomic mass is 10.2. The van der Waals surface area contributed by atoms with Gasteiger partial charge in [-0.1, -0.05) is 0 Å². The van der Waals surface area contributed by atoms with Crippen LogP contribution in [0.25, 0.3) is 0 Å². The van der Waals surface area contributed by atoms with Gasteiger partial charge in [0.15, 0.2) is 5.82 Å². The predicted molar refractivity (Wildman–Crippen MR) is 76.0 cm³/mol. The summed E-state index contributed by atoms with van der Waals surface area (Å²) in [5, 5.41) is 2.63. The van der Waals surface area contributed by atoms with E-state index in [0.717, 1.165) is 5.69 Å². The van der Waals surface area contributed by atoms with E-state index < -0.39 is 11.7 Å². The van der Waals surface area contributed by atoms with Crippen LogP contribution in [-0.4, -0.2) is 42.2 Å². The van der Waals surface area contributed by atoms with E-state index in [1.807, 2.05) is 4.90 Å². The lowest BCUT2D eigenvalue weighted by Gasteiger charge is -2.29. The fourth-order valence-corrected chi connectivity index (χ4v) is 2.23. The van der Waals surface area contributed by atoms with Gasteiger partial charge in [-0.3, -0.25) is 4.79 Å². The van der Waals surface area contributed by atoms with Gasteiger partial charge in [0.05, 0.1) is 13.2 Å². The Hall–Kier alpha value is -2.41. The predicted octanol–water partition coefficient (Wildman–Crippen LogP) is 1.64. The van der Waals surface area contributed by atoms with Crippen LogP contribution in [-0.2, 0) is 4.74 Å². The number of aromatic amines is 1. The van der Waals surface area contributed by atoms with Gasteiger partial charge in [0.1, 0.15) is 5.82 Å². The Morgan fingerprint density at radius 2 is 2.14 bits per heavy atom. The maximum Gasteiger partial charge on any atom is 0.291 e. The number of aromatic nitrogens is 2. The number of carbonyl (C=O) groups excluding carboxylic acids is 1. The van der Waals surface area contributed by atoms with Crippen LogP contribution in [0.4, 0.5) is 15.8 Å². The number of amides is 1. The molecule has 0 unspecified atom stereocenters. The van der Waals surface area contributed by atoms with Crippen LogP contribution in [0.1, 0.15) is 10.6 Å². The maximum atomic E-state index is 13.7. The number of morpholine rings is 1. The topological polar surface area (TPSA) is 70.2 Å². The third-order valence-electron chi connectivity index (χ3n) is 3.23. The summed E-state index contributed by atoms with van der Waals surface area (Å²) in [4.78, 5) is 20.5. The van der Waals surface area contributed by atoms with Crippen LogP contribution in [0.3, 0.4) is 0 Å². The third kappa shape index (κ3) is 3.19. The Bertz CT molecular complexity index is 624. The van der Waals surface area contributed by atoms with Gasteiger partial charge in [0.25, 0.3) is 5.91 Å². The van der Waals surface area contributed by atoms with Crippen molar-refractivity contribution in [3.8, 4) is 0 Å². The summed E-state index contributed by atoms with van der Waals surface area (Å²) < 4.78 is 19.0. The zero-order valence-electron chi connectivity index (χ0n) is 11.3. The summed E-state index contributed by atoms with van der Waals surface area (Å²) >= 11 is 0. The van der Waals surface area contributed by atoms with E-state index in [4.69, 9.17) is 4.74 Å². The molecule has 0 saturated carbocycles. The molecule has 7 heteroatoms. The quantitative estimate of drug-likeness (QED) is 0.901. The summed E-state index contributed by atoms with van der Waals surface area (Å²) in [6.07, 6.45) is 3.04. The van der Waals surface area contributed by atoms with Crippen LogP contribution in [0.15, 0.2) is 30.6 Å². The minimum Gasteiger partial charge on any atom is -0.378 e. The molecule has 6 nitrogen and oxygen atoms in total. The average Bonchev–Trinajstić information content (AvgIpc) is 3.02. The molecule has 1 aliphatic heterocycles. The van der Waals surface area contributed by atoms with Crippen molar-refractivity contribution in [3.63, 3.8) is 0 Å². The molecule has 1 aromatic heterocycles. The molecule has 2 aromatic rings. The zero-order chi connectivity index (χ0) is 14.7. The van der Waals surface area contributed by atoms with Crippen molar-refractivity contribution >= 4 is 17.3 Å². The van der Waals surface area contributed by atoms with E-state index in [1.54, 1.807) is 12.3 Å². The molecular formula is C14H15FN4O2. The number of benzene rings is 1. The normalized spacial score (nSPS) is 15.0. The monoisotopic (exact) mass is 290 g/mol. The number of imidazole rings is 1. The second-order valence-electron chi connectivity index (χ2n) is 4.69. The molecule has 0 radical (unpaired) electrons. The number of H-pyrrole nitrogens is 1. The number of nitrogens with one attached hydrogen (secondary N) is 2. The van der Waals surface area contributed by atoms with E-state index >= 15 is 0 Å². The van der Waals surface area contributed by atoms with Gasteiger partial charge < -0.3 is 19.9 Å². The highest BCUT2D eigenvalue weighted by Gasteiger charge is 2.14. The second kappa shape index (κ2) is 5.92. The van der Waals surface area contributed by atoms with Crippen molar-refractivity contribution in [2.24, 2.45) is 0 Å². The van der Waals surface area contributed by atoms with Gasteiger partial charge in [-0.15, -0.1) is 0 Å². The van der Waals surface area contributed by atoms with Crippen molar-refractivity contribution in [2.75, 3.05) is 36.5 Å². The first-order valence-corrected chi connectivity index (χ1v) is 6.66. The Kier molecular flexibility index (Phi) is 3.83. The molecule has 1 aromatic carbocycles. The number of carbonyl (C=O) groups is 1. The molecule has 0 spiro atoms. The Balaban J connectivity index is 1.79. The standard InChI is InChI=1S/C14H15FN4O2/c15-10-7-11(18-14(20)13-16-1-2-17-13)9-12(8-10)19-3-5-21-6-4-19/h1-2,7-9H,3-6H2,(H,16,17)(H,18,20). The summed E-state index contributed by atoms with van der Waals surface area (Å²) in [6, 6.07) is 4.48. The lowest BCUT2D eigenvalue weighted by Crippen LogP contribution is -2.36. The number of hydrogen-bond donors (Lipinski definition) is 2.